The fourth-order valence-electron chi connectivity index (χ4n) is 1.59. The number of likely N-dealkylation sites (N-methyl/N-ethyl adjacent to an activating group) is 1. The molecule has 0 aliphatic rings. The van der Waals surface area contributed by atoms with Crippen molar-refractivity contribution in [2.45, 2.75) is 6.92 Å². The molecule has 1 amide bonds. The molecule has 0 bridgehead atoms. The van der Waals surface area contributed by atoms with E-state index in [1.54, 1.807) is 6.20 Å². The Morgan fingerprint density at radius 2 is 2.06 bits per heavy atom. The van der Waals surface area contributed by atoms with Crippen LogP contribution in [0.1, 0.15) is 6.92 Å². The van der Waals surface area contributed by atoms with Gasteiger partial charge in [0, 0.05) is 11.9 Å². The summed E-state index contributed by atoms with van der Waals surface area (Å²) >= 11 is 0. The van der Waals surface area contributed by atoms with Gasteiger partial charge in [-0.25, -0.2) is 0 Å². The van der Waals surface area contributed by atoms with Crippen molar-refractivity contribution in [2.24, 2.45) is 0 Å². The van der Waals surface area contributed by atoms with E-state index in [0.717, 1.165) is 23.5 Å². The Hall–Kier alpha value is -2.14. The molecule has 0 radical (unpaired) electrons. The predicted molar refractivity (Wildman–Crippen MR) is 71.2 cm³/mol. The lowest BCUT2D eigenvalue weighted by Crippen LogP contribution is -2.27. The van der Waals surface area contributed by atoms with Gasteiger partial charge in [-0.15, -0.1) is 0 Å². The Morgan fingerprint density at radius 1 is 1.28 bits per heavy atom. The maximum atomic E-state index is 11.5. The van der Waals surface area contributed by atoms with Gasteiger partial charge >= 0.3 is 0 Å². The highest BCUT2D eigenvalue weighted by molar-refractivity contribution is 5.92. The molecule has 1 heterocycles. The van der Waals surface area contributed by atoms with Crippen molar-refractivity contribution in [2.75, 3.05) is 18.4 Å². The number of carbonyl (C=O) groups excluding carboxylic acids is 1. The normalized spacial score (nSPS) is 10.3. The van der Waals surface area contributed by atoms with E-state index in [1.165, 1.54) is 0 Å². The summed E-state index contributed by atoms with van der Waals surface area (Å²) in [7, 11) is 0. The smallest absolute Gasteiger partial charge is 0.238 e. The van der Waals surface area contributed by atoms with Gasteiger partial charge in [-0.05, 0) is 30.3 Å². The van der Waals surface area contributed by atoms with Gasteiger partial charge in [0.1, 0.15) is 0 Å². The van der Waals surface area contributed by atoms with Crippen LogP contribution in [-0.4, -0.2) is 29.2 Å². The molecule has 18 heavy (non-hydrogen) atoms. The minimum absolute atomic E-state index is 0.0360. The fourth-order valence-corrected chi connectivity index (χ4v) is 1.59. The first-order chi connectivity index (χ1) is 8.79. The monoisotopic (exact) mass is 244 g/mol. The molecule has 0 aliphatic heterocycles. The minimum atomic E-state index is -0.0360. The first-order valence-corrected chi connectivity index (χ1v) is 5.90. The van der Waals surface area contributed by atoms with Crippen molar-refractivity contribution in [3.63, 3.8) is 0 Å². The number of anilines is 1. The summed E-state index contributed by atoms with van der Waals surface area (Å²) in [6.07, 6.45) is 1.71. The van der Waals surface area contributed by atoms with Crippen LogP contribution in [0.2, 0.25) is 0 Å². The van der Waals surface area contributed by atoms with Crippen molar-refractivity contribution < 1.29 is 4.79 Å². The number of nitrogens with zero attached hydrogens (tertiary/aromatic N) is 1. The number of aromatic amines is 1. The Balaban J connectivity index is 1.98. The van der Waals surface area contributed by atoms with Crippen LogP contribution >= 0.6 is 0 Å². The number of benzene rings is 1. The van der Waals surface area contributed by atoms with Crippen molar-refractivity contribution in [1.29, 1.82) is 0 Å². The summed E-state index contributed by atoms with van der Waals surface area (Å²) in [5, 5.41) is 12.6. The van der Waals surface area contributed by atoms with E-state index in [-0.39, 0.29) is 5.91 Å². The first-order valence-electron chi connectivity index (χ1n) is 5.90. The molecule has 94 valence electrons. The van der Waals surface area contributed by atoms with Gasteiger partial charge in [-0.2, -0.15) is 5.10 Å². The van der Waals surface area contributed by atoms with Crippen LogP contribution < -0.4 is 10.6 Å². The minimum Gasteiger partial charge on any atom is -0.325 e. The average Bonchev–Trinajstić information content (AvgIpc) is 2.91. The number of amides is 1. The van der Waals surface area contributed by atoms with E-state index in [2.05, 4.69) is 20.8 Å². The van der Waals surface area contributed by atoms with Gasteiger partial charge in [-0.1, -0.05) is 19.1 Å². The van der Waals surface area contributed by atoms with Crippen LogP contribution in [0.25, 0.3) is 11.3 Å². The molecular weight excluding hydrogens is 228 g/mol. The van der Waals surface area contributed by atoms with E-state index in [9.17, 15) is 4.79 Å². The van der Waals surface area contributed by atoms with E-state index in [0.29, 0.717) is 6.54 Å². The molecule has 1 aromatic heterocycles. The number of nitrogens with one attached hydrogen (secondary N) is 3. The predicted octanol–water partition coefficient (Wildman–Crippen LogP) is 1.62. The summed E-state index contributed by atoms with van der Waals surface area (Å²) in [5.41, 5.74) is 2.79. The number of H-pyrrole nitrogens is 1. The zero-order valence-electron chi connectivity index (χ0n) is 10.2. The number of aromatic nitrogens is 2. The van der Waals surface area contributed by atoms with Crippen LogP contribution in [0.5, 0.6) is 0 Å². The number of rotatable bonds is 5. The molecule has 2 aromatic rings. The first kappa shape index (κ1) is 12.3. The van der Waals surface area contributed by atoms with Gasteiger partial charge in [0.2, 0.25) is 5.91 Å². The standard InChI is InChI=1S/C13H16N4O/c1-2-14-9-13(18)16-11-5-3-10(4-6-11)12-7-8-15-17-12/h3-8,14H,2,9H2,1H3,(H,15,17)(H,16,18). The Morgan fingerprint density at radius 3 is 2.67 bits per heavy atom. The van der Waals surface area contributed by atoms with E-state index in [1.807, 2.05) is 37.3 Å². The largest absolute Gasteiger partial charge is 0.325 e. The molecule has 0 saturated heterocycles. The molecule has 0 spiro atoms. The number of hydrogen-bond acceptors (Lipinski definition) is 3. The zero-order valence-corrected chi connectivity index (χ0v) is 10.2. The van der Waals surface area contributed by atoms with Gasteiger partial charge in [-0.3, -0.25) is 9.89 Å². The molecule has 5 nitrogen and oxygen atoms in total. The van der Waals surface area contributed by atoms with Crippen LogP contribution in [0.15, 0.2) is 36.5 Å². The second-order valence-electron chi connectivity index (χ2n) is 3.88. The van der Waals surface area contributed by atoms with Crippen molar-refractivity contribution in [3.05, 3.63) is 36.5 Å². The van der Waals surface area contributed by atoms with Gasteiger partial charge in [0.25, 0.3) is 0 Å². The number of carbonyl (C=O) groups is 1. The molecular formula is C13H16N4O. The Bertz CT molecular complexity index is 490. The van der Waals surface area contributed by atoms with E-state index in [4.69, 9.17) is 0 Å². The highest BCUT2D eigenvalue weighted by Crippen LogP contribution is 2.18. The van der Waals surface area contributed by atoms with Crippen molar-refractivity contribution in [3.8, 4) is 11.3 Å². The Labute approximate surface area is 106 Å². The highest BCUT2D eigenvalue weighted by Gasteiger charge is 2.02. The van der Waals surface area contributed by atoms with Crippen LogP contribution in [0.4, 0.5) is 5.69 Å². The quantitative estimate of drug-likeness (QED) is 0.748. The summed E-state index contributed by atoms with van der Waals surface area (Å²) in [4.78, 5) is 11.5. The molecule has 5 heteroatoms. The average molecular weight is 244 g/mol. The zero-order chi connectivity index (χ0) is 12.8. The fraction of sp³-hybridized carbons (Fsp3) is 0.231. The Kier molecular flexibility index (Phi) is 4.09. The van der Waals surface area contributed by atoms with Crippen LogP contribution in [0, 0.1) is 0 Å². The molecule has 1 aromatic carbocycles. The van der Waals surface area contributed by atoms with Crippen LogP contribution in [0.3, 0.4) is 0 Å². The topological polar surface area (TPSA) is 69.8 Å². The van der Waals surface area contributed by atoms with Gasteiger partial charge in [0.05, 0.1) is 12.2 Å². The number of hydrogen-bond donors (Lipinski definition) is 3. The molecule has 3 N–H and O–H groups in total. The molecule has 0 atom stereocenters. The summed E-state index contributed by atoms with van der Waals surface area (Å²) < 4.78 is 0. The second kappa shape index (κ2) is 5.97. The van der Waals surface area contributed by atoms with Gasteiger partial charge < -0.3 is 10.6 Å². The van der Waals surface area contributed by atoms with E-state index < -0.39 is 0 Å². The molecule has 0 unspecified atom stereocenters. The third-order valence-electron chi connectivity index (χ3n) is 2.52. The SMILES string of the molecule is CCNCC(=O)Nc1ccc(-c2ccn[nH]2)cc1. The van der Waals surface area contributed by atoms with Crippen molar-refractivity contribution >= 4 is 11.6 Å². The summed E-state index contributed by atoms with van der Waals surface area (Å²) in [6.45, 7) is 3.08. The third-order valence-corrected chi connectivity index (χ3v) is 2.52. The summed E-state index contributed by atoms with van der Waals surface area (Å²) in [5.74, 6) is -0.0360. The molecule has 0 aliphatic carbocycles. The van der Waals surface area contributed by atoms with Gasteiger partial charge in [0.15, 0.2) is 0 Å². The van der Waals surface area contributed by atoms with E-state index >= 15 is 0 Å². The lowest BCUT2D eigenvalue weighted by Gasteiger charge is -2.06. The third kappa shape index (κ3) is 3.18. The molecule has 0 saturated carbocycles. The van der Waals surface area contributed by atoms with Crippen LogP contribution in [-0.2, 0) is 4.79 Å². The second-order valence-corrected chi connectivity index (χ2v) is 3.88. The lowest BCUT2D eigenvalue weighted by atomic mass is 10.1. The lowest BCUT2D eigenvalue weighted by molar-refractivity contribution is -0.115. The summed E-state index contributed by atoms with van der Waals surface area (Å²) in [6, 6.07) is 9.53. The molecule has 0 fully saturated rings. The molecule has 2 rings (SSSR count). The maximum Gasteiger partial charge on any atom is 0.238 e. The van der Waals surface area contributed by atoms with Crippen molar-refractivity contribution in [1.82, 2.24) is 15.5 Å². The highest BCUT2D eigenvalue weighted by atomic mass is 16.1. The maximum absolute atomic E-state index is 11.5.